The SMILES string of the molecule is CCOc1ccc(C(=O)N2CCN(C(=O)C3CSCN3)CC2)cc1C. The maximum atomic E-state index is 12.7. The van der Waals surface area contributed by atoms with Gasteiger partial charge < -0.3 is 14.5 Å². The zero-order valence-electron chi connectivity index (χ0n) is 14.8. The third-order valence-corrected chi connectivity index (χ3v) is 5.55. The highest BCUT2D eigenvalue weighted by Crippen LogP contribution is 2.21. The molecule has 2 amide bonds. The lowest BCUT2D eigenvalue weighted by Crippen LogP contribution is -2.54. The molecule has 1 unspecified atom stereocenters. The molecule has 0 aromatic heterocycles. The van der Waals surface area contributed by atoms with Gasteiger partial charge in [-0.2, -0.15) is 0 Å². The lowest BCUT2D eigenvalue weighted by Gasteiger charge is -2.36. The molecule has 0 bridgehead atoms. The van der Waals surface area contributed by atoms with Crippen molar-refractivity contribution in [1.29, 1.82) is 0 Å². The van der Waals surface area contributed by atoms with Crippen LogP contribution in [0.15, 0.2) is 18.2 Å². The van der Waals surface area contributed by atoms with E-state index in [0.717, 1.165) is 22.9 Å². The molecule has 1 N–H and O–H groups in total. The Hall–Kier alpha value is -1.73. The van der Waals surface area contributed by atoms with Gasteiger partial charge in [-0.05, 0) is 37.6 Å². The molecule has 1 atom stereocenters. The van der Waals surface area contributed by atoms with Crippen LogP contribution in [0, 0.1) is 6.92 Å². The van der Waals surface area contributed by atoms with Gasteiger partial charge >= 0.3 is 0 Å². The van der Waals surface area contributed by atoms with E-state index < -0.39 is 0 Å². The van der Waals surface area contributed by atoms with Crippen LogP contribution in [-0.2, 0) is 4.79 Å². The summed E-state index contributed by atoms with van der Waals surface area (Å²) in [6.45, 7) is 6.86. The van der Waals surface area contributed by atoms with Crippen molar-refractivity contribution in [3.05, 3.63) is 29.3 Å². The minimum atomic E-state index is -0.0685. The number of benzene rings is 1. The minimum absolute atomic E-state index is 0.0211. The molecule has 1 aromatic rings. The Morgan fingerprint density at radius 2 is 1.96 bits per heavy atom. The van der Waals surface area contributed by atoms with E-state index in [-0.39, 0.29) is 17.9 Å². The third-order valence-electron chi connectivity index (χ3n) is 4.61. The summed E-state index contributed by atoms with van der Waals surface area (Å²) in [5.41, 5.74) is 1.64. The van der Waals surface area contributed by atoms with Crippen molar-refractivity contribution in [3.8, 4) is 5.75 Å². The predicted molar refractivity (Wildman–Crippen MR) is 99.1 cm³/mol. The average Bonchev–Trinajstić information content (AvgIpc) is 3.17. The number of hydrogen-bond donors (Lipinski definition) is 1. The van der Waals surface area contributed by atoms with E-state index in [0.29, 0.717) is 38.3 Å². The average molecular weight is 363 g/mol. The molecule has 136 valence electrons. The smallest absolute Gasteiger partial charge is 0.253 e. The molecule has 2 aliphatic heterocycles. The van der Waals surface area contributed by atoms with E-state index in [2.05, 4.69) is 5.32 Å². The van der Waals surface area contributed by atoms with E-state index in [1.54, 1.807) is 11.8 Å². The quantitative estimate of drug-likeness (QED) is 0.875. The molecule has 2 saturated heterocycles. The summed E-state index contributed by atoms with van der Waals surface area (Å²) in [6, 6.07) is 5.48. The van der Waals surface area contributed by atoms with E-state index in [9.17, 15) is 9.59 Å². The lowest BCUT2D eigenvalue weighted by molar-refractivity contribution is -0.134. The molecule has 0 spiro atoms. The number of thioether (sulfide) groups is 1. The number of nitrogens with one attached hydrogen (secondary N) is 1. The van der Waals surface area contributed by atoms with Crippen LogP contribution in [0.25, 0.3) is 0 Å². The van der Waals surface area contributed by atoms with Crippen molar-refractivity contribution in [2.24, 2.45) is 0 Å². The monoisotopic (exact) mass is 363 g/mol. The van der Waals surface area contributed by atoms with Gasteiger partial charge in [-0.1, -0.05) is 0 Å². The molecule has 1 aromatic carbocycles. The fourth-order valence-electron chi connectivity index (χ4n) is 3.19. The van der Waals surface area contributed by atoms with Crippen molar-refractivity contribution in [2.45, 2.75) is 19.9 Å². The van der Waals surface area contributed by atoms with Gasteiger partial charge in [-0.3, -0.25) is 14.9 Å². The Labute approximate surface area is 152 Å². The van der Waals surface area contributed by atoms with E-state index in [1.807, 2.05) is 41.8 Å². The fourth-order valence-corrected chi connectivity index (χ4v) is 4.12. The van der Waals surface area contributed by atoms with Crippen LogP contribution in [0.4, 0.5) is 0 Å². The van der Waals surface area contributed by atoms with E-state index >= 15 is 0 Å². The topological polar surface area (TPSA) is 61.9 Å². The summed E-state index contributed by atoms with van der Waals surface area (Å²) < 4.78 is 5.53. The first-order valence-corrected chi connectivity index (χ1v) is 9.88. The maximum Gasteiger partial charge on any atom is 0.253 e. The number of rotatable bonds is 4. The largest absolute Gasteiger partial charge is 0.494 e. The van der Waals surface area contributed by atoms with Gasteiger partial charge in [0, 0.05) is 43.4 Å². The molecule has 0 aliphatic carbocycles. The van der Waals surface area contributed by atoms with Gasteiger partial charge in [0.05, 0.1) is 12.6 Å². The molecular formula is C18H25N3O3S. The first-order valence-electron chi connectivity index (χ1n) is 8.72. The van der Waals surface area contributed by atoms with Gasteiger partial charge in [0.15, 0.2) is 0 Å². The van der Waals surface area contributed by atoms with Crippen LogP contribution in [0.5, 0.6) is 5.75 Å². The zero-order chi connectivity index (χ0) is 17.8. The Morgan fingerprint density at radius 1 is 1.24 bits per heavy atom. The summed E-state index contributed by atoms with van der Waals surface area (Å²) in [7, 11) is 0. The van der Waals surface area contributed by atoms with Gasteiger partial charge in [0.1, 0.15) is 5.75 Å². The number of nitrogens with zero attached hydrogens (tertiary/aromatic N) is 2. The third kappa shape index (κ3) is 4.10. The number of piperazine rings is 1. The van der Waals surface area contributed by atoms with Gasteiger partial charge in [-0.25, -0.2) is 0 Å². The lowest BCUT2D eigenvalue weighted by atomic mass is 10.1. The number of ether oxygens (including phenoxy) is 1. The minimum Gasteiger partial charge on any atom is -0.494 e. The van der Waals surface area contributed by atoms with Crippen molar-refractivity contribution in [2.75, 3.05) is 44.4 Å². The van der Waals surface area contributed by atoms with Crippen molar-refractivity contribution in [3.63, 3.8) is 0 Å². The Bertz CT molecular complexity index is 638. The number of carbonyl (C=O) groups excluding carboxylic acids is 2. The molecular weight excluding hydrogens is 338 g/mol. The van der Waals surface area contributed by atoms with Crippen LogP contribution in [0.1, 0.15) is 22.8 Å². The number of carbonyl (C=O) groups is 2. The van der Waals surface area contributed by atoms with Gasteiger partial charge in [0.2, 0.25) is 5.91 Å². The first kappa shape index (κ1) is 18.1. The van der Waals surface area contributed by atoms with Crippen molar-refractivity contribution < 1.29 is 14.3 Å². The Balaban J connectivity index is 1.58. The molecule has 2 heterocycles. The molecule has 6 nitrogen and oxygen atoms in total. The van der Waals surface area contributed by atoms with E-state index in [4.69, 9.17) is 4.74 Å². The standard InChI is InChI=1S/C18H25N3O3S/c1-3-24-16-5-4-14(10-13(16)2)17(22)20-6-8-21(9-7-20)18(23)15-11-25-12-19-15/h4-5,10,15,19H,3,6-9,11-12H2,1-2H3. The van der Waals surface area contributed by atoms with Crippen LogP contribution < -0.4 is 10.1 Å². The summed E-state index contributed by atoms with van der Waals surface area (Å²) in [5, 5.41) is 3.21. The molecule has 2 fully saturated rings. The molecule has 7 heteroatoms. The highest BCUT2D eigenvalue weighted by molar-refractivity contribution is 7.99. The van der Waals surface area contributed by atoms with Crippen LogP contribution in [0.2, 0.25) is 0 Å². The van der Waals surface area contributed by atoms with E-state index in [1.165, 1.54) is 0 Å². The second-order valence-electron chi connectivity index (χ2n) is 6.30. The number of hydrogen-bond acceptors (Lipinski definition) is 5. The normalized spacial score (nSPS) is 20.6. The Kier molecular flexibility index (Phi) is 5.86. The van der Waals surface area contributed by atoms with Gasteiger partial charge in [0.25, 0.3) is 5.91 Å². The second kappa shape index (κ2) is 8.10. The Morgan fingerprint density at radius 3 is 2.56 bits per heavy atom. The summed E-state index contributed by atoms with van der Waals surface area (Å²) in [6.07, 6.45) is 0. The van der Waals surface area contributed by atoms with Crippen LogP contribution >= 0.6 is 11.8 Å². The zero-order valence-corrected chi connectivity index (χ0v) is 15.6. The fraction of sp³-hybridized carbons (Fsp3) is 0.556. The highest BCUT2D eigenvalue weighted by Gasteiger charge is 2.30. The number of aryl methyl sites for hydroxylation is 1. The second-order valence-corrected chi connectivity index (χ2v) is 7.33. The summed E-state index contributed by atoms with van der Waals surface area (Å²) in [5.74, 6) is 2.67. The molecule has 0 radical (unpaired) electrons. The van der Waals surface area contributed by atoms with Crippen molar-refractivity contribution >= 4 is 23.6 Å². The predicted octanol–water partition coefficient (Wildman–Crippen LogP) is 1.34. The van der Waals surface area contributed by atoms with Crippen LogP contribution in [-0.4, -0.2) is 72.1 Å². The molecule has 3 rings (SSSR count). The molecule has 0 saturated carbocycles. The molecule has 25 heavy (non-hydrogen) atoms. The van der Waals surface area contributed by atoms with Gasteiger partial charge in [-0.15, -0.1) is 11.8 Å². The van der Waals surface area contributed by atoms with Crippen LogP contribution in [0.3, 0.4) is 0 Å². The maximum absolute atomic E-state index is 12.7. The summed E-state index contributed by atoms with van der Waals surface area (Å²) in [4.78, 5) is 28.8. The number of amides is 2. The molecule has 2 aliphatic rings. The first-order chi connectivity index (χ1) is 12.1. The summed E-state index contributed by atoms with van der Waals surface area (Å²) >= 11 is 1.75. The highest BCUT2D eigenvalue weighted by atomic mass is 32.2. The van der Waals surface area contributed by atoms with Crippen molar-refractivity contribution in [1.82, 2.24) is 15.1 Å².